The number of halogens is 1. The number of methoxy groups -OCH3 is 1. The third kappa shape index (κ3) is 3.38. The second-order valence-electron chi connectivity index (χ2n) is 4.83. The van der Waals surface area contributed by atoms with Crippen LogP contribution in [0, 0.1) is 5.82 Å². The molecule has 1 fully saturated rings. The molecular weight excluding hydrogens is 281 g/mol. The molecule has 2 N–H and O–H groups in total. The summed E-state index contributed by atoms with van der Waals surface area (Å²) in [5.74, 6) is 1.23. The highest BCUT2D eigenvalue weighted by molar-refractivity contribution is 8.07. The lowest BCUT2D eigenvalue weighted by molar-refractivity contribution is 0.410. The van der Waals surface area contributed by atoms with E-state index in [1.54, 1.807) is 12.1 Å². The van der Waals surface area contributed by atoms with Gasteiger partial charge >= 0.3 is 0 Å². The molecule has 0 radical (unpaired) electrons. The predicted molar refractivity (Wildman–Crippen MR) is 82.6 cm³/mol. The molecule has 0 bridgehead atoms. The molecule has 106 valence electrons. The Balaban J connectivity index is 2.13. The van der Waals surface area contributed by atoms with Gasteiger partial charge in [-0.15, -0.1) is 0 Å². The molecule has 4 atom stereocenters. The first-order chi connectivity index (χ1) is 9.02. The van der Waals surface area contributed by atoms with Crippen molar-refractivity contribution < 1.29 is 9.13 Å². The van der Waals surface area contributed by atoms with Gasteiger partial charge in [0.15, 0.2) is 0 Å². The van der Waals surface area contributed by atoms with Gasteiger partial charge in [-0.05, 0) is 6.07 Å². The average Bonchev–Trinajstić information content (AvgIpc) is 2.41. The van der Waals surface area contributed by atoms with E-state index in [-0.39, 0.29) is 17.1 Å². The molecule has 2 rings (SSSR count). The number of ether oxygens (including phenoxy) is 1. The lowest BCUT2D eigenvalue weighted by Gasteiger charge is -2.34. The molecule has 19 heavy (non-hydrogen) atoms. The third-order valence-corrected chi connectivity index (χ3v) is 7.06. The van der Waals surface area contributed by atoms with Crippen LogP contribution in [-0.2, 0) is 0 Å². The Bertz CT molecular complexity index is 443. The summed E-state index contributed by atoms with van der Waals surface area (Å²) >= 11 is 3.80. The molecule has 5 heteroatoms. The second kappa shape index (κ2) is 6.37. The standard InChI is InChI=1S/C14H20FNOS2/c1-8-9(2)19-13(7-18-8)14(16)11-5-4-10(17-3)6-12(11)15/h4-6,8-9,13-14H,7,16H2,1-3H3. The van der Waals surface area contributed by atoms with Gasteiger partial charge in [-0.2, -0.15) is 23.5 Å². The van der Waals surface area contributed by atoms with Crippen molar-refractivity contribution in [2.45, 2.75) is 35.6 Å². The van der Waals surface area contributed by atoms with E-state index in [9.17, 15) is 4.39 Å². The quantitative estimate of drug-likeness (QED) is 0.927. The van der Waals surface area contributed by atoms with E-state index in [1.807, 2.05) is 23.5 Å². The van der Waals surface area contributed by atoms with E-state index in [1.165, 1.54) is 13.2 Å². The fraction of sp³-hybridized carbons (Fsp3) is 0.571. The Morgan fingerprint density at radius 3 is 2.68 bits per heavy atom. The van der Waals surface area contributed by atoms with Crippen molar-refractivity contribution in [3.05, 3.63) is 29.6 Å². The summed E-state index contributed by atoms with van der Waals surface area (Å²) in [6.45, 7) is 4.45. The number of rotatable bonds is 3. The third-order valence-electron chi connectivity index (χ3n) is 3.54. The van der Waals surface area contributed by atoms with Gasteiger partial charge in [0.25, 0.3) is 0 Å². The minimum atomic E-state index is -0.274. The van der Waals surface area contributed by atoms with Gasteiger partial charge in [0, 0.05) is 39.2 Å². The molecule has 0 aliphatic carbocycles. The lowest BCUT2D eigenvalue weighted by atomic mass is 10.0. The van der Waals surface area contributed by atoms with Gasteiger partial charge in [-0.3, -0.25) is 0 Å². The largest absolute Gasteiger partial charge is 0.497 e. The normalized spacial score (nSPS) is 29.0. The summed E-state index contributed by atoms with van der Waals surface area (Å²) in [4.78, 5) is 0. The maximum atomic E-state index is 14.0. The first-order valence-electron chi connectivity index (χ1n) is 6.39. The summed E-state index contributed by atoms with van der Waals surface area (Å²) in [6.07, 6.45) is 0. The van der Waals surface area contributed by atoms with Crippen LogP contribution in [0.15, 0.2) is 18.2 Å². The molecule has 0 amide bonds. The van der Waals surface area contributed by atoms with E-state index in [0.29, 0.717) is 21.8 Å². The van der Waals surface area contributed by atoms with Crippen LogP contribution < -0.4 is 10.5 Å². The average molecular weight is 301 g/mol. The van der Waals surface area contributed by atoms with E-state index >= 15 is 0 Å². The van der Waals surface area contributed by atoms with Crippen LogP contribution in [0.1, 0.15) is 25.5 Å². The molecule has 1 aromatic rings. The van der Waals surface area contributed by atoms with Crippen LogP contribution in [0.25, 0.3) is 0 Å². The SMILES string of the molecule is COc1ccc(C(N)C2CSC(C)C(C)S2)c(F)c1. The molecule has 1 aliphatic rings. The molecule has 1 aliphatic heterocycles. The highest BCUT2D eigenvalue weighted by atomic mass is 32.2. The van der Waals surface area contributed by atoms with Gasteiger partial charge in [-0.1, -0.05) is 19.9 Å². The minimum Gasteiger partial charge on any atom is -0.497 e. The maximum Gasteiger partial charge on any atom is 0.131 e. The Morgan fingerprint density at radius 2 is 2.11 bits per heavy atom. The van der Waals surface area contributed by atoms with Gasteiger partial charge < -0.3 is 10.5 Å². The second-order valence-corrected chi connectivity index (χ2v) is 7.86. The van der Waals surface area contributed by atoms with Crippen molar-refractivity contribution in [3.63, 3.8) is 0 Å². The number of nitrogens with two attached hydrogens (primary N) is 1. The fourth-order valence-electron chi connectivity index (χ4n) is 2.10. The zero-order valence-electron chi connectivity index (χ0n) is 11.4. The number of thioether (sulfide) groups is 2. The monoisotopic (exact) mass is 301 g/mol. The topological polar surface area (TPSA) is 35.2 Å². The summed E-state index contributed by atoms with van der Waals surface area (Å²) in [6, 6.07) is 4.65. The molecule has 0 spiro atoms. The highest BCUT2D eigenvalue weighted by Crippen LogP contribution is 2.40. The van der Waals surface area contributed by atoms with Crippen molar-refractivity contribution in [2.75, 3.05) is 12.9 Å². The van der Waals surface area contributed by atoms with Crippen LogP contribution in [0.2, 0.25) is 0 Å². The maximum absolute atomic E-state index is 14.0. The molecule has 1 aromatic carbocycles. The summed E-state index contributed by atoms with van der Waals surface area (Å²) in [7, 11) is 1.53. The summed E-state index contributed by atoms with van der Waals surface area (Å²) in [5.41, 5.74) is 6.84. The van der Waals surface area contributed by atoms with Gasteiger partial charge in [0.2, 0.25) is 0 Å². The molecule has 0 aromatic heterocycles. The molecule has 4 unspecified atom stereocenters. The van der Waals surface area contributed by atoms with Crippen molar-refractivity contribution in [1.82, 2.24) is 0 Å². The fourth-order valence-corrected chi connectivity index (χ4v) is 5.14. The lowest BCUT2D eigenvalue weighted by Crippen LogP contribution is -2.34. The van der Waals surface area contributed by atoms with E-state index in [4.69, 9.17) is 10.5 Å². The number of hydrogen-bond acceptors (Lipinski definition) is 4. The van der Waals surface area contributed by atoms with Crippen molar-refractivity contribution in [3.8, 4) is 5.75 Å². The van der Waals surface area contributed by atoms with Crippen LogP contribution in [0.5, 0.6) is 5.75 Å². The zero-order valence-corrected chi connectivity index (χ0v) is 13.1. The van der Waals surface area contributed by atoms with Crippen LogP contribution in [0.4, 0.5) is 4.39 Å². The molecular formula is C14H20FNOS2. The first kappa shape index (κ1) is 15.0. The Labute approximate surface area is 122 Å². The van der Waals surface area contributed by atoms with Crippen molar-refractivity contribution in [1.29, 1.82) is 0 Å². The number of hydrogen-bond donors (Lipinski definition) is 1. The summed E-state index contributed by atoms with van der Waals surface area (Å²) < 4.78 is 19.1. The predicted octanol–water partition coefficient (Wildman–Crippen LogP) is 3.46. The van der Waals surface area contributed by atoms with E-state index in [2.05, 4.69) is 13.8 Å². The Hall–Kier alpha value is -0.390. The van der Waals surface area contributed by atoms with Crippen LogP contribution in [-0.4, -0.2) is 28.6 Å². The van der Waals surface area contributed by atoms with E-state index in [0.717, 1.165) is 5.75 Å². The van der Waals surface area contributed by atoms with Crippen LogP contribution >= 0.6 is 23.5 Å². The van der Waals surface area contributed by atoms with E-state index < -0.39 is 0 Å². The molecule has 1 saturated heterocycles. The smallest absolute Gasteiger partial charge is 0.131 e. The Kier molecular flexibility index (Phi) is 5.03. The Morgan fingerprint density at radius 1 is 1.37 bits per heavy atom. The minimum absolute atomic E-state index is 0.263. The van der Waals surface area contributed by atoms with Gasteiger partial charge in [-0.25, -0.2) is 4.39 Å². The highest BCUT2D eigenvalue weighted by Gasteiger charge is 2.31. The first-order valence-corrected chi connectivity index (χ1v) is 8.38. The van der Waals surface area contributed by atoms with Crippen molar-refractivity contribution >= 4 is 23.5 Å². The molecule has 2 nitrogen and oxygen atoms in total. The van der Waals surface area contributed by atoms with Gasteiger partial charge in [0.1, 0.15) is 11.6 Å². The number of benzene rings is 1. The summed E-state index contributed by atoms with van der Waals surface area (Å²) in [5, 5.41) is 1.45. The van der Waals surface area contributed by atoms with Crippen molar-refractivity contribution in [2.24, 2.45) is 5.73 Å². The molecule has 1 heterocycles. The zero-order chi connectivity index (χ0) is 14.0. The molecule has 0 saturated carbocycles. The van der Waals surface area contributed by atoms with Gasteiger partial charge in [0.05, 0.1) is 7.11 Å². The van der Waals surface area contributed by atoms with Crippen LogP contribution in [0.3, 0.4) is 0 Å².